The Hall–Kier alpha value is -2.54. The third kappa shape index (κ3) is 2.53. The number of fused-ring (bicyclic) bond motifs is 1. The Kier molecular flexibility index (Phi) is 3.42. The topological polar surface area (TPSA) is 87.0 Å². The van der Waals surface area contributed by atoms with E-state index in [1.54, 1.807) is 0 Å². The van der Waals surface area contributed by atoms with Crippen molar-refractivity contribution in [3.8, 4) is 0 Å². The normalized spacial score (nSPS) is 15.3. The zero-order chi connectivity index (χ0) is 15.8. The van der Waals surface area contributed by atoms with E-state index in [0.717, 1.165) is 42.4 Å². The van der Waals surface area contributed by atoms with Gasteiger partial charge in [-0.05, 0) is 24.3 Å². The van der Waals surface area contributed by atoms with Crippen LogP contribution in [-0.2, 0) is 0 Å². The fourth-order valence-electron chi connectivity index (χ4n) is 2.92. The van der Waals surface area contributed by atoms with E-state index < -0.39 is 0 Å². The number of nitrogen functional groups attached to an aromatic ring is 1. The van der Waals surface area contributed by atoms with Crippen LogP contribution in [0.5, 0.6) is 0 Å². The molecule has 3 aromatic rings. The number of aromatic amines is 1. The van der Waals surface area contributed by atoms with Crippen molar-refractivity contribution in [2.75, 3.05) is 41.7 Å². The average molecular weight is 330 g/mol. The van der Waals surface area contributed by atoms with E-state index in [-0.39, 0.29) is 0 Å². The molecule has 1 aliphatic heterocycles. The molecule has 118 valence electrons. The standard InChI is InChI=1S/C15H16ClN7/c16-10-1-3-11(4-2-10)22-5-7-23(8-6-22)15-12-13(17)18-9-19-14(12)20-21-15/h1-4,9H,5-8H2,(H3,17,18,19,20,21). The minimum absolute atomic E-state index is 0.457. The molecule has 3 N–H and O–H groups in total. The third-order valence-corrected chi connectivity index (χ3v) is 4.39. The number of rotatable bonds is 2. The van der Waals surface area contributed by atoms with E-state index >= 15 is 0 Å². The van der Waals surface area contributed by atoms with E-state index in [1.165, 1.54) is 12.0 Å². The lowest BCUT2D eigenvalue weighted by atomic mass is 10.2. The van der Waals surface area contributed by atoms with Gasteiger partial charge >= 0.3 is 0 Å². The molecule has 2 aromatic heterocycles. The van der Waals surface area contributed by atoms with Crippen molar-refractivity contribution in [2.24, 2.45) is 0 Å². The van der Waals surface area contributed by atoms with Crippen molar-refractivity contribution in [3.05, 3.63) is 35.6 Å². The van der Waals surface area contributed by atoms with Gasteiger partial charge in [0.1, 0.15) is 17.5 Å². The lowest BCUT2D eigenvalue weighted by Gasteiger charge is -2.36. The van der Waals surface area contributed by atoms with Crippen LogP contribution in [0.2, 0.25) is 5.02 Å². The van der Waals surface area contributed by atoms with Crippen LogP contribution in [0.3, 0.4) is 0 Å². The summed E-state index contributed by atoms with van der Waals surface area (Å²) >= 11 is 5.95. The second kappa shape index (κ2) is 5.58. The molecule has 0 radical (unpaired) electrons. The van der Waals surface area contributed by atoms with Crippen LogP contribution in [0.25, 0.3) is 11.0 Å². The fraction of sp³-hybridized carbons (Fsp3) is 0.267. The summed E-state index contributed by atoms with van der Waals surface area (Å²) < 4.78 is 0. The molecule has 7 nitrogen and oxygen atoms in total. The Labute approximate surface area is 138 Å². The van der Waals surface area contributed by atoms with Crippen LogP contribution in [0, 0.1) is 0 Å². The molecule has 4 rings (SSSR count). The Balaban J connectivity index is 1.54. The smallest absolute Gasteiger partial charge is 0.163 e. The van der Waals surface area contributed by atoms with Crippen molar-refractivity contribution >= 4 is 40.0 Å². The molecule has 0 atom stereocenters. The molecule has 3 heterocycles. The molecule has 23 heavy (non-hydrogen) atoms. The van der Waals surface area contributed by atoms with Crippen LogP contribution in [0.15, 0.2) is 30.6 Å². The highest BCUT2D eigenvalue weighted by Crippen LogP contribution is 2.28. The first-order valence-electron chi connectivity index (χ1n) is 7.42. The van der Waals surface area contributed by atoms with Crippen LogP contribution >= 0.6 is 11.6 Å². The summed E-state index contributed by atoms with van der Waals surface area (Å²) in [5.74, 6) is 1.28. The van der Waals surface area contributed by atoms with Gasteiger partial charge in [-0.3, -0.25) is 5.10 Å². The Morgan fingerprint density at radius 3 is 2.43 bits per heavy atom. The summed E-state index contributed by atoms with van der Waals surface area (Å²) in [4.78, 5) is 12.8. The van der Waals surface area contributed by atoms with Gasteiger partial charge < -0.3 is 15.5 Å². The van der Waals surface area contributed by atoms with Crippen molar-refractivity contribution in [1.82, 2.24) is 20.2 Å². The van der Waals surface area contributed by atoms with Crippen LogP contribution in [0.1, 0.15) is 0 Å². The molecule has 0 unspecified atom stereocenters. The summed E-state index contributed by atoms with van der Waals surface area (Å²) in [6, 6.07) is 7.94. The monoisotopic (exact) mass is 329 g/mol. The summed E-state index contributed by atoms with van der Waals surface area (Å²) in [5.41, 5.74) is 7.84. The predicted molar refractivity (Wildman–Crippen MR) is 92.0 cm³/mol. The quantitative estimate of drug-likeness (QED) is 0.747. The van der Waals surface area contributed by atoms with Crippen molar-refractivity contribution in [1.29, 1.82) is 0 Å². The van der Waals surface area contributed by atoms with E-state index in [2.05, 4.69) is 30.0 Å². The molecule has 1 aliphatic rings. The van der Waals surface area contributed by atoms with Crippen LogP contribution < -0.4 is 15.5 Å². The highest BCUT2D eigenvalue weighted by molar-refractivity contribution is 6.30. The molecule has 0 aliphatic carbocycles. The number of anilines is 3. The largest absolute Gasteiger partial charge is 0.383 e. The lowest BCUT2D eigenvalue weighted by molar-refractivity contribution is 0.648. The summed E-state index contributed by atoms with van der Waals surface area (Å²) in [5, 5.41) is 8.85. The number of nitrogens with two attached hydrogens (primary N) is 1. The molecule has 0 amide bonds. The van der Waals surface area contributed by atoms with Crippen molar-refractivity contribution in [2.45, 2.75) is 0 Å². The Bertz CT molecular complexity index is 821. The average Bonchev–Trinajstić information content (AvgIpc) is 3.01. The van der Waals surface area contributed by atoms with Gasteiger partial charge in [-0.1, -0.05) is 11.6 Å². The first kappa shape index (κ1) is 14.1. The number of nitrogens with zero attached hydrogens (tertiary/aromatic N) is 5. The van der Waals surface area contributed by atoms with Gasteiger partial charge in [0.25, 0.3) is 0 Å². The van der Waals surface area contributed by atoms with E-state index in [0.29, 0.717) is 11.5 Å². The Morgan fingerprint density at radius 1 is 1.00 bits per heavy atom. The lowest BCUT2D eigenvalue weighted by Crippen LogP contribution is -2.46. The molecule has 1 fully saturated rings. The Morgan fingerprint density at radius 2 is 1.70 bits per heavy atom. The van der Waals surface area contributed by atoms with E-state index in [4.69, 9.17) is 17.3 Å². The van der Waals surface area contributed by atoms with Crippen LogP contribution in [-0.4, -0.2) is 46.3 Å². The molecule has 0 spiro atoms. The number of halogens is 1. The van der Waals surface area contributed by atoms with Gasteiger partial charge in [0.05, 0.1) is 0 Å². The van der Waals surface area contributed by atoms with Gasteiger partial charge in [0.15, 0.2) is 11.5 Å². The van der Waals surface area contributed by atoms with Crippen molar-refractivity contribution < 1.29 is 0 Å². The molecular formula is C15H16ClN7. The summed E-state index contributed by atoms with van der Waals surface area (Å²) in [6.07, 6.45) is 1.44. The number of hydrogen-bond donors (Lipinski definition) is 2. The number of nitrogens with one attached hydrogen (secondary N) is 1. The number of piperazine rings is 1. The van der Waals surface area contributed by atoms with Gasteiger partial charge in [-0.2, -0.15) is 5.10 Å². The number of H-pyrrole nitrogens is 1. The SMILES string of the molecule is Nc1ncnc2[nH]nc(N3CCN(c4ccc(Cl)cc4)CC3)c12. The highest BCUT2D eigenvalue weighted by Gasteiger charge is 2.22. The molecule has 1 aromatic carbocycles. The minimum atomic E-state index is 0.457. The van der Waals surface area contributed by atoms with Gasteiger partial charge in [-0.15, -0.1) is 0 Å². The molecule has 1 saturated heterocycles. The maximum atomic E-state index is 5.98. The predicted octanol–water partition coefficient (Wildman–Crippen LogP) is 1.92. The maximum absolute atomic E-state index is 5.98. The zero-order valence-corrected chi connectivity index (χ0v) is 13.2. The van der Waals surface area contributed by atoms with E-state index in [1.807, 2.05) is 24.3 Å². The van der Waals surface area contributed by atoms with Crippen LogP contribution in [0.4, 0.5) is 17.3 Å². The summed E-state index contributed by atoms with van der Waals surface area (Å²) in [6.45, 7) is 3.53. The number of hydrogen-bond acceptors (Lipinski definition) is 6. The third-order valence-electron chi connectivity index (χ3n) is 4.14. The first-order valence-corrected chi connectivity index (χ1v) is 7.80. The zero-order valence-electron chi connectivity index (χ0n) is 12.4. The second-order valence-electron chi connectivity index (χ2n) is 5.48. The molecule has 8 heteroatoms. The first-order chi connectivity index (χ1) is 11.2. The fourth-order valence-corrected chi connectivity index (χ4v) is 3.05. The second-order valence-corrected chi connectivity index (χ2v) is 5.92. The number of benzene rings is 1. The van der Waals surface area contributed by atoms with Gasteiger partial charge in [0.2, 0.25) is 0 Å². The van der Waals surface area contributed by atoms with Gasteiger partial charge in [-0.25, -0.2) is 9.97 Å². The molecule has 0 bridgehead atoms. The molecular weight excluding hydrogens is 314 g/mol. The minimum Gasteiger partial charge on any atom is -0.383 e. The molecule has 0 saturated carbocycles. The van der Waals surface area contributed by atoms with Crippen molar-refractivity contribution in [3.63, 3.8) is 0 Å². The van der Waals surface area contributed by atoms with Gasteiger partial charge in [0, 0.05) is 36.9 Å². The van der Waals surface area contributed by atoms with E-state index in [9.17, 15) is 0 Å². The summed E-state index contributed by atoms with van der Waals surface area (Å²) in [7, 11) is 0. The highest BCUT2D eigenvalue weighted by atomic mass is 35.5. The number of aromatic nitrogens is 4. The maximum Gasteiger partial charge on any atom is 0.163 e.